The van der Waals surface area contributed by atoms with Crippen LogP contribution in [0.2, 0.25) is 0 Å². The molecule has 7 nitrogen and oxygen atoms in total. The zero-order valence-electron chi connectivity index (χ0n) is 12.2. The van der Waals surface area contributed by atoms with Gasteiger partial charge in [0.05, 0.1) is 32.5 Å². The number of hydrogen-bond acceptors (Lipinski definition) is 6. The minimum Gasteiger partial charge on any atom is -0.396 e. The van der Waals surface area contributed by atoms with Crippen molar-refractivity contribution in [3.8, 4) is 0 Å². The largest absolute Gasteiger partial charge is 0.472 e. The third kappa shape index (κ3) is 11.8. The number of phosphoric acid groups is 1. The highest BCUT2D eigenvalue weighted by Crippen LogP contribution is 2.44. The summed E-state index contributed by atoms with van der Waals surface area (Å²) in [5.74, 6) is -0.230. The van der Waals surface area contributed by atoms with Gasteiger partial charge in [0.15, 0.2) is 0 Å². The molecule has 0 aromatic heterocycles. The molecular formula is C12H27O7P. The van der Waals surface area contributed by atoms with Gasteiger partial charge in [-0.1, -0.05) is 0 Å². The minimum absolute atomic E-state index is 0.0913. The standard InChI is InChI=1S/C12H27O7P/c1-11(2)19-20(15,16)18-7-5-3-4-6-17-10-12(8-13)9-14/h11-14H,3-10H2,1-2H3,(H,15,16). The quantitative estimate of drug-likeness (QED) is 0.348. The Morgan fingerprint density at radius 3 is 2.20 bits per heavy atom. The Kier molecular flexibility index (Phi) is 11.6. The number of ether oxygens (including phenoxy) is 1. The molecule has 0 radical (unpaired) electrons. The lowest BCUT2D eigenvalue weighted by Crippen LogP contribution is -2.18. The van der Waals surface area contributed by atoms with Gasteiger partial charge in [-0.2, -0.15) is 0 Å². The van der Waals surface area contributed by atoms with Crippen LogP contribution >= 0.6 is 7.82 Å². The monoisotopic (exact) mass is 314 g/mol. The number of aliphatic hydroxyl groups is 2. The van der Waals surface area contributed by atoms with Crippen LogP contribution in [0.1, 0.15) is 33.1 Å². The number of phosphoric ester groups is 1. The van der Waals surface area contributed by atoms with Gasteiger partial charge in [0.1, 0.15) is 0 Å². The van der Waals surface area contributed by atoms with E-state index in [1.165, 1.54) is 0 Å². The van der Waals surface area contributed by atoms with E-state index in [1.54, 1.807) is 13.8 Å². The molecule has 0 aromatic carbocycles. The van der Waals surface area contributed by atoms with Gasteiger partial charge in [0.25, 0.3) is 0 Å². The second-order valence-corrected chi connectivity index (χ2v) is 6.23. The van der Waals surface area contributed by atoms with Crippen molar-refractivity contribution in [3.05, 3.63) is 0 Å². The first-order valence-electron chi connectivity index (χ1n) is 6.86. The van der Waals surface area contributed by atoms with Crippen LogP contribution in [0.3, 0.4) is 0 Å². The molecule has 0 fully saturated rings. The molecule has 0 saturated carbocycles. The van der Waals surface area contributed by atoms with Gasteiger partial charge in [-0.25, -0.2) is 4.57 Å². The molecule has 0 saturated heterocycles. The van der Waals surface area contributed by atoms with E-state index in [0.29, 0.717) is 19.6 Å². The van der Waals surface area contributed by atoms with Gasteiger partial charge in [-0.05, 0) is 33.1 Å². The van der Waals surface area contributed by atoms with Gasteiger partial charge in [-0.3, -0.25) is 9.05 Å². The Labute approximate surface area is 120 Å². The van der Waals surface area contributed by atoms with Crippen LogP contribution in [0.5, 0.6) is 0 Å². The Morgan fingerprint density at radius 2 is 1.65 bits per heavy atom. The molecule has 20 heavy (non-hydrogen) atoms. The lowest BCUT2D eigenvalue weighted by molar-refractivity contribution is 0.0432. The van der Waals surface area contributed by atoms with Crippen molar-refractivity contribution in [3.63, 3.8) is 0 Å². The van der Waals surface area contributed by atoms with Crippen LogP contribution in [0.15, 0.2) is 0 Å². The van der Waals surface area contributed by atoms with E-state index in [1.807, 2.05) is 0 Å². The van der Waals surface area contributed by atoms with E-state index in [9.17, 15) is 9.46 Å². The summed E-state index contributed by atoms with van der Waals surface area (Å²) in [5.41, 5.74) is 0. The van der Waals surface area contributed by atoms with Crippen LogP contribution in [0.25, 0.3) is 0 Å². The van der Waals surface area contributed by atoms with Crippen molar-refractivity contribution in [1.29, 1.82) is 0 Å². The van der Waals surface area contributed by atoms with E-state index in [-0.39, 0.29) is 31.8 Å². The molecule has 122 valence electrons. The van der Waals surface area contributed by atoms with E-state index in [2.05, 4.69) is 0 Å². The van der Waals surface area contributed by atoms with Crippen LogP contribution in [0, 0.1) is 5.92 Å². The molecule has 0 aliphatic heterocycles. The van der Waals surface area contributed by atoms with Crippen LogP contribution in [-0.4, -0.2) is 54.2 Å². The molecule has 8 heteroatoms. The number of hydrogen-bond donors (Lipinski definition) is 3. The van der Waals surface area contributed by atoms with E-state index in [0.717, 1.165) is 12.8 Å². The second kappa shape index (κ2) is 11.6. The molecular weight excluding hydrogens is 287 g/mol. The summed E-state index contributed by atoms with van der Waals surface area (Å²) in [6, 6.07) is 0. The topological polar surface area (TPSA) is 105 Å². The Hall–Kier alpha value is -0.0100. The molecule has 0 spiro atoms. The van der Waals surface area contributed by atoms with Crippen LogP contribution < -0.4 is 0 Å². The van der Waals surface area contributed by atoms with Crippen LogP contribution in [0.4, 0.5) is 0 Å². The van der Waals surface area contributed by atoms with Crippen molar-refractivity contribution in [2.24, 2.45) is 5.92 Å². The lowest BCUT2D eigenvalue weighted by atomic mass is 10.2. The summed E-state index contributed by atoms with van der Waals surface area (Å²) < 4.78 is 26.2. The smallest absolute Gasteiger partial charge is 0.396 e. The van der Waals surface area contributed by atoms with Crippen molar-refractivity contribution >= 4 is 7.82 Å². The van der Waals surface area contributed by atoms with Crippen LogP contribution in [-0.2, 0) is 18.3 Å². The van der Waals surface area contributed by atoms with E-state index in [4.69, 9.17) is 24.0 Å². The fourth-order valence-electron chi connectivity index (χ4n) is 1.37. The molecule has 1 atom stereocenters. The average molecular weight is 314 g/mol. The van der Waals surface area contributed by atoms with Gasteiger partial charge < -0.3 is 19.8 Å². The fourth-order valence-corrected chi connectivity index (χ4v) is 2.33. The van der Waals surface area contributed by atoms with Gasteiger partial charge in [0, 0.05) is 12.5 Å². The van der Waals surface area contributed by atoms with E-state index < -0.39 is 7.82 Å². The zero-order chi connectivity index (χ0) is 15.4. The average Bonchev–Trinajstić information content (AvgIpc) is 2.35. The molecule has 0 amide bonds. The van der Waals surface area contributed by atoms with Crippen molar-refractivity contribution in [2.75, 3.05) is 33.0 Å². The molecule has 1 unspecified atom stereocenters. The maximum Gasteiger partial charge on any atom is 0.472 e. The third-order valence-electron chi connectivity index (χ3n) is 2.40. The summed E-state index contributed by atoms with van der Waals surface area (Å²) in [6.07, 6.45) is 1.86. The predicted molar refractivity (Wildman–Crippen MR) is 74.3 cm³/mol. The summed E-state index contributed by atoms with van der Waals surface area (Å²) in [7, 11) is -3.92. The molecule has 0 heterocycles. The normalized spacial score (nSPS) is 14.9. The highest BCUT2D eigenvalue weighted by molar-refractivity contribution is 7.47. The zero-order valence-corrected chi connectivity index (χ0v) is 13.1. The number of unbranched alkanes of at least 4 members (excludes halogenated alkanes) is 2. The SMILES string of the molecule is CC(C)OP(=O)(O)OCCCCCOCC(CO)CO. The molecule has 0 aliphatic rings. The Morgan fingerprint density at radius 1 is 1.05 bits per heavy atom. The number of aliphatic hydroxyl groups excluding tert-OH is 2. The lowest BCUT2D eigenvalue weighted by Gasteiger charge is -2.14. The van der Waals surface area contributed by atoms with Gasteiger partial charge >= 0.3 is 7.82 Å². The molecule has 0 bridgehead atoms. The first kappa shape index (κ1) is 20.0. The second-order valence-electron chi connectivity index (χ2n) is 4.82. The minimum atomic E-state index is -3.92. The molecule has 0 aliphatic carbocycles. The molecule has 0 aromatic rings. The van der Waals surface area contributed by atoms with E-state index >= 15 is 0 Å². The molecule has 3 N–H and O–H groups in total. The highest BCUT2D eigenvalue weighted by Gasteiger charge is 2.21. The highest BCUT2D eigenvalue weighted by atomic mass is 31.2. The number of rotatable bonds is 13. The van der Waals surface area contributed by atoms with Crippen molar-refractivity contribution in [2.45, 2.75) is 39.2 Å². The van der Waals surface area contributed by atoms with Gasteiger partial charge in [0.2, 0.25) is 0 Å². The summed E-state index contributed by atoms with van der Waals surface area (Å²) >= 11 is 0. The fraction of sp³-hybridized carbons (Fsp3) is 1.00. The summed E-state index contributed by atoms with van der Waals surface area (Å²) in [5, 5.41) is 17.6. The molecule has 0 rings (SSSR count). The van der Waals surface area contributed by atoms with Crippen molar-refractivity contribution in [1.82, 2.24) is 0 Å². The Bertz CT molecular complexity index is 269. The maximum absolute atomic E-state index is 11.3. The Balaban J connectivity index is 3.43. The van der Waals surface area contributed by atoms with Crippen molar-refractivity contribution < 1.29 is 33.5 Å². The first-order chi connectivity index (χ1) is 9.41. The third-order valence-corrected chi connectivity index (χ3v) is 3.60. The summed E-state index contributed by atoms with van der Waals surface area (Å²) in [4.78, 5) is 9.28. The summed E-state index contributed by atoms with van der Waals surface area (Å²) in [6.45, 7) is 4.16. The maximum atomic E-state index is 11.3. The van der Waals surface area contributed by atoms with Gasteiger partial charge in [-0.15, -0.1) is 0 Å². The predicted octanol–water partition coefficient (Wildman–Crippen LogP) is 1.32. The first-order valence-corrected chi connectivity index (χ1v) is 8.36.